The molecule has 6 nitrogen and oxygen atoms in total. The fourth-order valence-corrected chi connectivity index (χ4v) is 4.99. The van der Waals surface area contributed by atoms with Crippen LogP contribution in [0, 0.1) is 11.3 Å². The Hall–Kier alpha value is -1.99. The number of rotatable bonds is 4. The predicted molar refractivity (Wildman–Crippen MR) is 102 cm³/mol. The Balaban J connectivity index is 1.48. The van der Waals surface area contributed by atoms with E-state index in [4.69, 9.17) is 4.74 Å². The number of likely N-dealkylation sites (tertiary alicyclic amines) is 1. The van der Waals surface area contributed by atoms with Crippen molar-refractivity contribution in [3.05, 3.63) is 40.8 Å². The van der Waals surface area contributed by atoms with E-state index in [2.05, 4.69) is 14.9 Å². The molecule has 26 heavy (non-hydrogen) atoms. The quantitative estimate of drug-likeness (QED) is 0.825. The molecule has 1 atom stereocenters. The van der Waals surface area contributed by atoms with Gasteiger partial charge in [-0.1, -0.05) is 0 Å². The first-order chi connectivity index (χ1) is 12.7. The molecule has 2 aromatic heterocycles. The van der Waals surface area contributed by atoms with Crippen LogP contribution in [-0.2, 0) is 4.74 Å². The van der Waals surface area contributed by atoms with E-state index in [0.717, 1.165) is 50.5 Å². The summed E-state index contributed by atoms with van der Waals surface area (Å²) in [6.45, 7) is 4.15. The lowest BCUT2D eigenvalue weighted by Gasteiger charge is -2.42. The minimum Gasteiger partial charge on any atom is -0.384 e. The smallest absolute Gasteiger partial charge is 0.254 e. The minimum atomic E-state index is 0.132. The number of thiophene rings is 1. The lowest BCUT2D eigenvalue weighted by molar-refractivity contribution is 0.0738. The second kappa shape index (κ2) is 7.32. The van der Waals surface area contributed by atoms with E-state index < -0.39 is 0 Å². The minimum absolute atomic E-state index is 0.132. The number of piperidine rings is 1. The summed E-state index contributed by atoms with van der Waals surface area (Å²) in [6.07, 6.45) is 5.65. The van der Waals surface area contributed by atoms with Gasteiger partial charge in [-0.2, -0.15) is 11.3 Å². The summed E-state index contributed by atoms with van der Waals surface area (Å²) >= 11 is 1.57. The third kappa shape index (κ3) is 3.21. The molecule has 0 saturated carbocycles. The van der Waals surface area contributed by atoms with E-state index >= 15 is 0 Å². The molecule has 7 heteroatoms. The molecule has 0 aromatic carbocycles. The third-order valence-corrected chi connectivity index (χ3v) is 6.51. The molecule has 0 bridgehead atoms. The number of hydrogen-bond acceptors (Lipinski definition) is 6. The van der Waals surface area contributed by atoms with Crippen LogP contribution in [0.1, 0.15) is 23.2 Å². The van der Waals surface area contributed by atoms with Crippen LogP contribution in [-0.4, -0.2) is 60.7 Å². The van der Waals surface area contributed by atoms with Gasteiger partial charge in [0.1, 0.15) is 0 Å². The summed E-state index contributed by atoms with van der Waals surface area (Å²) in [6, 6.07) is 3.76. The Morgan fingerprint density at radius 3 is 2.77 bits per heavy atom. The second-order valence-corrected chi connectivity index (χ2v) is 8.03. The summed E-state index contributed by atoms with van der Waals surface area (Å²) in [5.74, 6) is 1.34. The number of anilines is 1. The number of aromatic nitrogens is 2. The molecule has 0 aliphatic carbocycles. The van der Waals surface area contributed by atoms with Crippen LogP contribution < -0.4 is 4.90 Å². The Morgan fingerprint density at radius 1 is 1.35 bits per heavy atom. The van der Waals surface area contributed by atoms with Gasteiger partial charge in [-0.25, -0.2) is 9.97 Å². The molecule has 2 fully saturated rings. The molecule has 2 aliphatic heterocycles. The zero-order valence-electron chi connectivity index (χ0n) is 15.0. The molecule has 1 amide bonds. The van der Waals surface area contributed by atoms with Crippen LogP contribution >= 0.6 is 11.3 Å². The van der Waals surface area contributed by atoms with Gasteiger partial charge < -0.3 is 14.5 Å². The topological polar surface area (TPSA) is 58.6 Å². The predicted octanol–water partition coefficient (Wildman–Crippen LogP) is 2.54. The summed E-state index contributed by atoms with van der Waals surface area (Å²) in [4.78, 5) is 25.9. The maximum Gasteiger partial charge on any atom is 0.254 e. The van der Waals surface area contributed by atoms with Crippen molar-refractivity contribution in [3.63, 3.8) is 0 Å². The van der Waals surface area contributed by atoms with Crippen molar-refractivity contribution in [3.8, 4) is 0 Å². The Bertz CT molecular complexity index is 729. The Labute approximate surface area is 157 Å². The molecule has 2 aliphatic rings. The number of methoxy groups -OCH3 is 1. The van der Waals surface area contributed by atoms with Crippen molar-refractivity contribution in [1.29, 1.82) is 0 Å². The zero-order chi connectivity index (χ0) is 18.0. The van der Waals surface area contributed by atoms with Gasteiger partial charge in [0.15, 0.2) is 0 Å². The Morgan fingerprint density at radius 2 is 2.12 bits per heavy atom. The van der Waals surface area contributed by atoms with E-state index in [1.54, 1.807) is 30.8 Å². The average molecular weight is 372 g/mol. The first-order valence-electron chi connectivity index (χ1n) is 9.04. The van der Waals surface area contributed by atoms with Gasteiger partial charge in [-0.15, -0.1) is 0 Å². The molecule has 138 valence electrons. The van der Waals surface area contributed by atoms with Crippen LogP contribution in [0.3, 0.4) is 0 Å². The zero-order valence-corrected chi connectivity index (χ0v) is 15.8. The van der Waals surface area contributed by atoms with Gasteiger partial charge in [0, 0.05) is 57.0 Å². The maximum absolute atomic E-state index is 12.8. The monoisotopic (exact) mass is 372 g/mol. The average Bonchev–Trinajstić information content (AvgIpc) is 3.33. The van der Waals surface area contributed by atoms with Gasteiger partial charge in [-0.3, -0.25) is 4.79 Å². The number of nitrogens with zero attached hydrogens (tertiary/aromatic N) is 4. The molecular weight excluding hydrogens is 348 g/mol. The van der Waals surface area contributed by atoms with Crippen molar-refractivity contribution in [2.45, 2.75) is 12.8 Å². The van der Waals surface area contributed by atoms with Crippen LogP contribution in [0.2, 0.25) is 0 Å². The van der Waals surface area contributed by atoms with E-state index in [-0.39, 0.29) is 11.3 Å². The first kappa shape index (κ1) is 17.4. The number of amides is 1. The highest BCUT2D eigenvalue weighted by atomic mass is 32.1. The summed E-state index contributed by atoms with van der Waals surface area (Å²) in [5, 5.41) is 3.90. The van der Waals surface area contributed by atoms with Crippen LogP contribution in [0.15, 0.2) is 35.3 Å². The molecule has 4 rings (SSSR count). The van der Waals surface area contributed by atoms with Crippen molar-refractivity contribution < 1.29 is 9.53 Å². The van der Waals surface area contributed by atoms with E-state index in [1.807, 2.05) is 27.8 Å². The third-order valence-electron chi connectivity index (χ3n) is 5.83. The van der Waals surface area contributed by atoms with Gasteiger partial charge in [-0.05, 0) is 35.8 Å². The van der Waals surface area contributed by atoms with Gasteiger partial charge in [0.25, 0.3) is 5.91 Å². The molecule has 1 spiro atoms. The lowest BCUT2D eigenvalue weighted by Crippen LogP contribution is -2.46. The van der Waals surface area contributed by atoms with Crippen molar-refractivity contribution in [1.82, 2.24) is 14.9 Å². The van der Waals surface area contributed by atoms with Gasteiger partial charge >= 0.3 is 0 Å². The van der Waals surface area contributed by atoms with E-state index in [1.165, 1.54) is 0 Å². The fraction of sp³-hybridized carbons (Fsp3) is 0.526. The van der Waals surface area contributed by atoms with Gasteiger partial charge in [0.2, 0.25) is 5.95 Å². The van der Waals surface area contributed by atoms with Crippen LogP contribution in [0.5, 0.6) is 0 Å². The molecule has 0 unspecified atom stereocenters. The highest BCUT2D eigenvalue weighted by Gasteiger charge is 2.49. The molecule has 0 radical (unpaired) electrons. The van der Waals surface area contributed by atoms with Gasteiger partial charge in [0.05, 0.1) is 12.2 Å². The normalized spacial score (nSPS) is 22.1. The fourth-order valence-electron chi connectivity index (χ4n) is 4.36. The molecule has 2 saturated heterocycles. The summed E-state index contributed by atoms with van der Waals surface area (Å²) in [5.41, 5.74) is 0.936. The first-order valence-corrected chi connectivity index (χ1v) is 9.98. The Kier molecular flexibility index (Phi) is 4.91. The highest BCUT2D eigenvalue weighted by Crippen LogP contribution is 2.45. The summed E-state index contributed by atoms with van der Waals surface area (Å²) < 4.78 is 5.51. The number of ether oxygens (including phenoxy) is 1. The van der Waals surface area contributed by atoms with Crippen molar-refractivity contribution >= 4 is 23.2 Å². The standard InChI is InChI=1S/C19H24N4O2S/c1-25-12-16-11-23(17(24)15-3-10-26-13-15)14-19(16)4-8-22(9-5-19)18-20-6-2-7-21-18/h2-3,6-7,10,13,16H,4-5,8-9,11-12,14H2,1H3/t16-/m0/s1. The lowest BCUT2D eigenvalue weighted by atomic mass is 9.71. The van der Waals surface area contributed by atoms with E-state index in [9.17, 15) is 4.79 Å². The maximum atomic E-state index is 12.8. The van der Waals surface area contributed by atoms with Crippen molar-refractivity contribution in [2.75, 3.05) is 44.8 Å². The molecule has 2 aromatic rings. The van der Waals surface area contributed by atoms with E-state index in [0.29, 0.717) is 12.5 Å². The molecular formula is C19H24N4O2S. The number of hydrogen-bond donors (Lipinski definition) is 0. The summed E-state index contributed by atoms with van der Waals surface area (Å²) in [7, 11) is 1.75. The molecule has 0 N–H and O–H groups in total. The van der Waals surface area contributed by atoms with Crippen molar-refractivity contribution in [2.24, 2.45) is 11.3 Å². The second-order valence-electron chi connectivity index (χ2n) is 7.25. The highest BCUT2D eigenvalue weighted by molar-refractivity contribution is 7.08. The number of carbonyl (C=O) groups is 1. The van der Waals surface area contributed by atoms with Crippen LogP contribution in [0.4, 0.5) is 5.95 Å². The van der Waals surface area contributed by atoms with Crippen LogP contribution in [0.25, 0.3) is 0 Å². The number of carbonyl (C=O) groups excluding carboxylic acids is 1. The molecule has 4 heterocycles. The SMILES string of the molecule is COC[C@@H]1CN(C(=O)c2ccsc2)CC12CCN(c1ncccn1)CC2. The largest absolute Gasteiger partial charge is 0.384 e.